The fraction of sp³-hybridized carbons (Fsp3) is 0.304. The van der Waals surface area contributed by atoms with E-state index >= 15 is 0 Å². The van der Waals surface area contributed by atoms with Crippen molar-refractivity contribution < 1.29 is 16.0 Å². The minimum Gasteiger partial charge on any atom is -0.486 e. The van der Waals surface area contributed by atoms with Gasteiger partial charge in [0.05, 0.1) is 18.7 Å². The Morgan fingerprint density at radius 1 is 1.36 bits per heavy atom. The van der Waals surface area contributed by atoms with E-state index in [-0.39, 0.29) is 6.42 Å². The van der Waals surface area contributed by atoms with E-state index in [9.17, 15) is 9.90 Å². The number of nitriles is 1. The first kappa shape index (κ1) is 18.1. The van der Waals surface area contributed by atoms with E-state index in [1.807, 2.05) is 26.8 Å². The molecule has 3 rings (SSSR count). The molecule has 2 aromatic rings. The normalized spacial score (nSPS) is 24.1. The highest BCUT2D eigenvalue weighted by molar-refractivity contribution is 5.91. The summed E-state index contributed by atoms with van der Waals surface area (Å²) in [5, 5.41) is 19.1. The number of ether oxygens (including phenoxy) is 1. The Kier molecular flexibility index (Phi) is 4.56. The molecule has 144 valence electrons. The summed E-state index contributed by atoms with van der Waals surface area (Å²) in [4.78, 5) is 13.9. The molecule has 2 unspecified atom stereocenters. The van der Waals surface area contributed by atoms with Gasteiger partial charge in [-0.25, -0.2) is 4.79 Å². The summed E-state index contributed by atoms with van der Waals surface area (Å²) in [6, 6.07) is 14.0. The van der Waals surface area contributed by atoms with Gasteiger partial charge in [-0.15, -0.1) is 6.58 Å². The van der Waals surface area contributed by atoms with Crippen molar-refractivity contribution in [2.75, 3.05) is 4.90 Å². The Bertz CT molecular complexity index is 990. The number of para-hydroxylation sites is 2. The lowest BCUT2D eigenvalue weighted by atomic mass is 9.90. The Labute approximate surface area is 166 Å². The van der Waals surface area contributed by atoms with Gasteiger partial charge in [0.15, 0.2) is 6.02 Å². The van der Waals surface area contributed by atoms with Crippen molar-refractivity contribution in [1.82, 2.24) is 0 Å². The van der Waals surface area contributed by atoms with Crippen LogP contribution in [0, 0.1) is 11.3 Å². The molecule has 0 aliphatic carbocycles. The second kappa shape index (κ2) is 7.05. The Morgan fingerprint density at radius 3 is 2.54 bits per heavy atom. The van der Waals surface area contributed by atoms with Gasteiger partial charge in [0, 0.05) is 0 Å². The molecule has 5 nitrogen and oxygen atoms in total. The lowest BCUT2D eigenvalue weighted by Crippen LogP contribution is -2.24. The summed E-state index contributed by atoms with van der Waals surface area (Å²) < 4.78 is 15.0. The number of anilines is 1. The summed E-state index contributed by atoms with van der Waals surface area (Å²) in [5.41, 5.74) is -0.0101. The van der Waals surface area contributed by atoms with Crippen molar-refractivity contribution in [1.29, 1.82) is 5.26 Å². The number of nitrogens with zero attached hydrogens (tertiary/aromatic N) is 2. The average Bonchev–Trinajstić information content (AvgIpc) is 3.22. The van der Waals surface area contributed by atoms with Crippen LogP contribution >= 0.6 is 0 Å². The van der Waals surface area contributed by atoms with E-state index in [0.717, 1.165) is 0 Å². The first-order valence-electron chi connectivity index (χ1n) is 9.55. The molecular formula is C23H24N2O3. The minimum absolute atomic E-state index is 0.249. The van der Waals surface area contributed by atoms with Gasteiger partial charge < -0.3 is 14.7 Å². The standard InChI is InChI=1S/C23H24N2O3/c1-5-14-23(17-12-10-16(15-24)11-13-17)20(21(26)27)25(23)18-8-6-7-9-19(18)28-22(2,3)4/h5-13,20H,1,14H2,2-4H3,(H,26,27)/i20D. The number of carboxylic acid groups (broad SMARTS) is 1. The highest BCUT2D eigenvalue weighted by atomic mass is 16.5. The third-order valence-corrected chi connectivity index (χ3v) is 4.60. The van der Waals surface area contributed by atoms with E-state index in [1.54, 1.807) is 53.4 Å². The van der Waals surface area contributed by atoms with E-state index < -0.39 is 23.1 Å². The topological polar surface area (TPSA) is 73.3 Å². The van der Waals surface area contributed by atoms with Crippen LogP contribution in [0.4, 0.5) is 5.69 Å². The third-order valence-electron chi connectivity index (χ3n) is 4.60. The maximum absolute atomic E-state index is 12.3. The SMILES string of the molecule is [2H]C1(C(=O)O)N(c2ccccc2OC(C)(C)C)C1(CC=C)c1ccc(C#N)cc1. The van der Waals surface area contributed by atoms with Gasteiger partial charge in [-0.3, -0.25) is 0 Å². The highest BCUT2D eigenvalue weighted by Crippen LogP contribution is 2.57. The van der Waals surface area contributed by atoms with Gasteiger partial charge in [-0.2, -0.15) is 5.26 Å². The van der Waals surface area contributed by atoms with Crippen LogP contribution in [0.1, 0.15) is 39.7 Å². The molecule has 0 bridgehead atoms. The summed E-state index contributed by atoms with van der Waals surface area (Å²) in [5.74, 6) is -0.744. The summed E-state index contributed by atoms with van der Waals surface area (Å²) in [6.07, 6.45) is 1.87. The molecule has 1 saturated heterocycles. The molecule has 0 amide bonds. The molecule has 1 aliphatic rings. The molecule has 1 fully saturated rings. The van der Waals surface area contributed by atoms with Gasteiger partial charge in [0.25, 0.3) is 0 Å². The van der Waals surface area contributed by atoms with Gasteiger partial charge in [0.1, 0.15) is 16.9 Å². The van der Waals surface area contributed by atoms with E-state index in [0.29, 0.717) is 22.6 Å². The minimum atomic E-state index is -1.94. The van der Waals surface area contributed by atoms with Crippen LogP contribution in [-0.2, 0) is 10.3 Å². The number of aliphatic carboxylic acids is 1. The molecule has 1 heterocycles. The maximum Gasteiger partial charge on any atom is 0.329 e. The summed E-state index contributed by atoms with van der Waals surface area (Å²) in [7, 11) is 0. The predicted molar refractivity (Wildman–Crippen MR) is 108 cm³/mol. The van der Waals surface area contributed by atoms with E-state index in [2.05, 4.69) is 12.6 Å². The van der Waals surface area contributed by atoms with Crippen molar-refractivity contribution in [3.05, 3.63) is 72.3 Å². The predicted octanol–water partition coefficient (Wildman–Crippen LogP) is 4.48. The van der Waals surface area contributed by atoms with Crippen LogP contribution in [0.25, 0.3) is 0 Å². The fourth-order valence-corrected chi connectivity index (χ4v) is 3.54. The number of hydrogen-bond donors (Lipinski definition) is 1. The molecule has 1 N–H and O–H groups in total. The summed E-state index contributed by atoms with van der Waals surface area (Å²) in [6.45, 7) is 9.53. The van der Waals surface area contributed by atoms with Crippen LogP contribution in [0.5, 0.6) is 5.75 Å². The van der Waals surface area contributed by atoms with Crippen molar-refractivity contribution in [3.63, 3.8) is 0 Å². The largest absolute Gasteiger partial charge is 0.486 e. The average molecular weight is 377 g/mol. The van der Waals surface area contributed by atoms with Crippen LogP contribution in [-0.4, -0.2) is 22.7 Å². The number of carboxylic acids is 1. The smallest absolute Gasteiger partial charge is 0.329 e. The molecule has 0 saturated carbocycles. The van der Waals surface area contributed by atoms with Crippen molar-refractivity contribution in [2.45, 2.75) is 44.3 Å². The molecule has 5 heteroatoms. The number of carbonyl (C=O) groups is 1. The van der Waals surface area contributed by atoms with Gasteiger partial charge in [-0.1, -0.05) is 30.3 Å². The van der Waals surface area contributed by atoms with Crippen molar-refractivity contribution in [3.8, 4) is 11.8 Å². The highest BCUT2D eigenvalue weighted by Gasteiger charge is 2.67. The zero-order valence-corrected chi connectivity index (χ0v) is 16.3. The second-order valence-electron chi connectivity index (χ2n) is 7.71. The number of rotatable bonds is 6. The first-order chi connectivity index (χ1) is 13.6. The molecule has 1 aliphatic heterocycles. The number of hydrogen-bond acceptors (Lipinski definition) is 4. The van der Waals surface area contributed by atoms with Gasteiger partial charge in [0.2, 0.25) is 0 Å². The third kappa shape index (κ3) is 3.34. The van der Waals surface area contributed by atoms with Gasteiger partial charge >= 0.3 is 5.97 Å². The molecule has 0 aromatic heterocycles. The maximum atomic E-state index is 12.3. The zero-order chi connectivity index (χ0) is 21.4. The Hall–Kier alpha value is -3.26. The lowest BCUT2D eigenvalue weighted by Gasteiger charge is -2.25. The summed E-state index contributed by atoms with van der Waals surface area (Å²) >= 11 is 0. The Morgan fingerprint density at radius 2 is 2.00 bits per heavy atom. The number of benzene rings is 2. The van der Waals surface area contributed by atoms with Crippen LogP contribution in [0.2, 0.25) is 0 Å². The quantitative estimate of drug-likeness (QED) is 0.593. The van der Waals surface area contributed by atoms with E-state index in [1.165, 1.54) is 0 Å². The van der Waals surface area contributed by atoms with Crippen molar-refractivity contribution >= 4 is 11.7 Å². The molecule has 2 aromatic carbocycles. The lowest BCUT2D eigenvalue weighted by molar-refractivity contribution is -0.136. The Balaban J connectivity index is 2.20. The second-order valence-corrected chi connectivity index (χ2v) is 7.71. The molecule has 2 atom stereocenters. The van der Waals surface area contributed by atoms with Crippen molar-refractivity contribution in [2.24, 2.45) is 0 Å². The van der Waals surface area contributed by atoms with Crippen LogP contribution in [0.15, 0.2) is 61.2 Å². The first-order valence-corrected chi connectivity index (χ1v) is 9.05. The molecule has 0 spiro atoms. The molecule has 28 heavy (non-hydrogen) atoms. The van der Waals surface area contributed by atoms with Crippen LogP contribution in [0.3, 0.4) is 0 Å². The van der Waals surface area contributed by atoms with Crippen LogP contribution < -0.4 is 9.64 Å². The van der Waals surface area contributed by atoms with Gasteiger partial charge in [-0.05, 0) is 57.0 Å². The monoisotopic (exact) mass is 377 g/mol. The fourth-order valence-electron chi connectivity index (χ4n) is 3.54. The zero-order valence-electron chi connectivity index (χ0n) is 17.3. The van der Waals surface area contributed by atoms with E-state index in [4.69, 9.17) is 11.4 Å². The molecular weight excluding hydrogens is 352 g/mol. The molecule has 0 radical (unpaired) electrons.